The summed E-state index contributed by atoms with van der Waals surface area (Å²) in [4.78, 5) is 21.0. The zero-order valence-corrected chi connectivity index (χ0v) is 15.2. The Morgan fingerprint density at radius 1 is 1.32 bits per heavy atom. The summed E-state index contributed by atoms with van der Waals surface area (Å²) in [6.45, 7) is 7.74. The molecule has 0 aromatic carbocycles. The van der Waals surface area contributed by atoms with Crippen molar-refractivity contribution in [3.05, 3.63) is 29.6 Å². The molecule has 1 atom stereocenters. The molecule has 1 aromatic heterocycles. The summed E-state index contributed by atoms with van der Waals surface area (Å²) >= 11 is 0. The summed E-state index contributed by atoms with van der Waals surface area (Å²) in [5.74, 6) is 0.0875. The molecule has 3 heterocycles. The van der Waals surface area contributed by atoms with Crippen molar-refractivity contribution in [3.8, 4) is 0 Å². The number of aryl methyl sites for hydroxylation is 1. The smallest absolute Gasteiger partial charge is 0.248 e. The Labute approximate surface area is 150 Å². The van der Waals surface area contributed by atoms with Crippen LogP contribution in [0.1, 0.15) is 30.5 Å². The van der Waals surface area contributed by atoms with Crippen LogP contribution in [0.25, 0.3) is 0 Å². The Bertz CT molecular complexity index is 553. The highest BCUT2D eigenvalue weighted by molar-refractivity contribution is 5.77. The van der Waals surface area contributed by atoms with Crippen LogP contribution in [0.3, 0.4) is 0 Å². The first-order chi connectivity index (χ1) is 12.2. The minimum Gasteiger partial charge on any atom is -0.376 e. The van der Waals surface area contributed by atoms with Crippen molar-refractivity contribution in [1.82, 2.24) is 14.8 Å². The number of piperazine rings is 1. The lowest BCUT2D eigenvalue weighted by atomic mass is 10.1. The predicted octanol–water partition coefficient (Wildman–Crippen LogP) is 1.62. The van der Waals surface area contributed by atoms with Crippen LogP contribution in [-0.4, -0.2) is 72.8 Å². The molecule has 2 saturated heterocycles. The molecule has 1 amide bonds. The molecule has 0 aliphatic carbocycles. The van der Waals surface area contributed by atoms with Crippen LogP contribution in [0, 0.1) is 6.92 Å². The quantitative estimate of drug-likeness (QED) is 0.783. The van der Waals surface area contributed by atoms with E-state index in [1.807, 2.05) is 17.2 Å². The monoisotopic (exact) mass is 347 g/mol. The molecular weight excluding hydrogens is 318 g/mol. The lowest BCUT2D eigenvalue weighted by Crippen LogP contribution is -2.49. The molecule has 2 aliphatic heterocycles. The molecule has 3 rings (SSSR count). The number of rotatable bonds is 6. The van der Waals surface area contributed by atoms with Gasteiger partial charge in [-0.1, -0.05) is 6.07 Å². The summed E-state index contributed by atoms with van der Waals surface area (Å²) in [6, 6.07) is 4.06. The molecular formula is C19H29N3O3. The van der Waals surface area contributed by atoms with Crippen LogP contribution in [0.4, 0.5) is 0 Å². The SMILES string of the molecule is Cc1cccnc1CN1CCN(C(=O)COCC2CCCCO2)CC1. The van der Waals surface area contributed by atoms with Gasteiger partial charge in [-0.3, -0.25) is 14.7 Å². The number of nitrogens with zero attached hydrogens (tertiary/aromatic N) is 3. The maximum absolute atomic E-state index is 12.3. The standard InChI is InChI=1S/C19H29N3O3/c1-16-5-4-7-20-18(16)13-21-8-10-22(11-9-21)19(23)15-24-14-17-6-2-3-12-25-17/h4-5,7,17H,2-3,6,8-15H2,1H3. The third kappa shape index (κ3) is 5.49. The Hall–Kier alpha value is -1.50. The molecule has 0 N–H and O–H groups in total. The molecule has 0 bridgehead atoms. The van der Waals surface area contributed by atoms with Gasteiger partial charge < -0.3 is 14.4 Å². The first kappa shape index (κ1) is 18.3. The van der Waals surface area contributed by atoms with Gasteiger partial charge in [0.15, 0.2) is 0 Å². The normalized spacial score (nSPS) is 22.1. The van der Waals surface area contributed by atoms with Gasteiger partial charge in [-0.25, -0.2) is 0 Å². The second-order valence-electron chi connectivity index (χ2n) is 6.93. The Morgan fingerprint density at radius 2 is 2.16 bits per heavy atom. The van der Waals surface area contributed by atoms with Crippen molar-refractivity contribution in [2.24, 2.45) is 0 Å². The molecule has 2 aliphatic rings. The van der Waals surface area contributed by atoms with Gasteiger partial charge in [-0.05, 0) is 37.8 Å². The van der Waals surface area contributed by atoms with Crippen LogP contribution in [0.2, 0.25) is 0 Å². The molecule has 25 heavy (non-hydrogen) atoms. The fraction of sp³-hybridized carbons (Fsp3) is 0.684. The topological polar surface area (TPSA) is 54.9 Å². The highest BCUT2D eigenvalue weighted by atomic mass is 16.5. The average molecular weight is 347 g/mol. The average Bonchev–Trinajstić information content (AvgIpc) is 2.65. The van der Waals surface area contributed by atoms with E-state index in [1.54, 1.807) is 0 Å². The van der Waals surface area contributed by atoms with Crippen molar-refractivity contribution < 1.29 is 14.3 Å². The highest BCUT2D eigenvalue weighted by Gasteiger charge is 2.22. The van der Waals surface area contributed by atoms with Gasteiger partial charge in [0, 0.05) is 45.5 Å². The van der Waals surface area contributed by atoms with Crippen LogP contribution < -0.4 is 0 Å². The number of carbonyl (C=O) groups is 1. The third-order valence-electron chi connectivity index (χ3n) is 5.02. The van der Waals surface area contributed by atoms with E-state index in [0.29, 0.717) is 6.61 Å². The number of carbonyl (C=O) groups excluding carboxylic acids is 1. The number of hydrogen-bond donors (Lipinski definition) is 0. The summed E-state index contributed by atoms with van der Waals surface area (Å²) in [5.41, 5.74) is 2.34. The molecule has 0 radical (unpaired) electrons. The fourth-order valence-corrected chi connectivity index (χ4v) is 3.36. The van der Waals surface area contributed by atoms with E-state index in [9.17, 15) is 4.79 Å². The van der Waals surface area contributed by atoms with Crippen molar-refractivity contribution in [2.45, 2.75) is 38.8 Å². The summed E-state index contributed by atoms with van der Waals surface area (Å²) in [6.07, 6.45) is 5.38. The number of amides is 1. The summed E-state index contributed by atoms with van der Waals surface area (Å²) in [5, 5.41) is 0. The van der Waals surface area contributed by atoms with E-state index in [0.717, 1.165) is 57.9 Å². The van der Waals surface area contributed by atoms with Crippen LogP contribution in [0.15, 0.2) is 18.3 Å². The zero-order chi connectivity index (χ0) is 17.5. The summed E-state index contributed by atoms with van der Waals surface area (Å²) < 4.78 is 11.2. The molecule has 0 saturated carbocycles. The van der Waals surface area contributed by atoms with Gasteiger partial charge in [-0.2, -0.15) is 0 Å². The maximum Gasteiger partial charge on any atom is 0.248 e. The van der Waals surface area contributed by atoms with Crippen molar-refractivity contribution in [3.63, 3.8) is 0 Å². The third-order valence-corrected chi connectivity index (χ3v) is 5.02. The Balaban J connectivity index is 1.35. The molecule has 2 fully saturated rings. The van der Waals surface area contributed by atoms with Gasteiger partial charge in [-0.15, -0.1) is 0 Å². The maximum atomic E-state index is 12.3. The summed E-state index contributed by atoms with van der Waals surface area (Å²) in [7, 11) is 0. The van der Waals surface area contributed by atoms with Gasteiger partial charge in [0.1, 0.15) is 6.61 Å². The van der Waals surface area contributed by atoms with Crippen molar-refractivity contribution in [2.75, 3.05) is 46.0 Å². The van der Waals surface area contributed by atoms with E-state index in [1.165, 1.54) is 12.0 Å². The van der Waals surface area contributed by atoms with Gasteiger partial charge in [0.05, 0.1) is 18.4 Å². The lowest BCUT2D eigenvalue weighted by molar-refractivity contribution is -0.140. The Morgan fingerprint density at radius 3 is 2.88 bits per heavy atom. The van der Waals surface area contributed by atoms with Crippen molar-refractivity contribution in [1.29, 1.82) is 0 Å². The lowest BCUT2D eigenvalue weighted by Gasteiger charge is -2.34. The molecule has 138 valence electrons. The molecule has 6 nitrogen and oxygen atoms in total. The van der Waals surface area contributed by atoms with Crippen LogP contribution >= 0.6 is 0 Å². The van der Waals surface area contributed by atoms with Crippen molar-refractivity contribution >= 4 is 5.91 Å². The van der Waals surface area contributed by atoms with Crippen LogP contribution in [-0.2, 0) is 20.8 Å². The number of pyridine rings is 1. The molecule has 1 aromatic rings. The van der Waals surface area contributed by atoms with E-state index in [4.69, 9.17) is 9.47 Å². The molecule has 0 spiro atoms. The van der Waals surface area contributed by atoms with Crippen LogP contribution in [0.5, 0.6) is 0 Å². The number of hydrogen-bond acceptors (Lipinski definition) is 5. The number of aromatic nitrogens is 1. The van der Waals surface area contributed by atoms with Gasteiger partial charge in [0.25, 0.3) is 0 Å². The minimum atomic E-state index is 0.0875. The van der Waals surface area contributed by atoms with E-state index < -0.39 is 0 Å². The van der Waals surface area contributed by atoms with Gasteiger partial charge >= 0.3 is 0 Å². The number of ether oxygens (including phenoxy) is 2. The molecule has 6 heteroatoms. The first-order valence-corrected chi connectivity index (χ1v) is 9.32. The Kier molecular flexibility index (Phi) is 6.78. The van der Waals surface area contributed by atoms with Gasteiger partial charge in [0.2, 0.25) is 5.91 Å². The second kappa shape index (κ2) is 9.27. The van der Waals surface area contributed by atoms with E-state index in [2.05, 4.69) is 22.9 Å². The zero-order valence-electron chi connectivity index (χ0n) is 15.2. The van der Waals surface area contributed by atoms with E-state index in [-0.39, 0.29) is 18.6 Å². The molecule has 1 unspecified atom stereocenters. The minimum absolute atomic E-state index is 0.0875. The predicted molar refractivity (Wildman–Crippen MR) is 95.2 cm³/mol. The second-order valence-corrected chi connectivity index (χ2v) is 6.93. The van der Waals surface area contributed by atoms with E-state index >= 15 is 0 Å². The first-order valence-electron chi connectivity index (χ1n) is 9.32. The fourth-order valence-electron chi connectivity index (χ4n) is 3.36. The largest absolute Gasteiger partial charge is 0.376 e. The highest BCUT2D eigenvalue weighted by Crippen LogP contribution is 2.13.